The highest BCUT2D eigenvalue weighted by molar-refractivity contribution is 5.68. The minimum atomic E-state index is -0.490. The van der Waals surface area contributed by atoms with Crippen molar-refractivity contribution in [3.63, 3.8) is 0 Å². The van der Waals surface area contributed by atoms with E-state index in [2.05, 4.69) is 5.32 Å². The van der Waals surface area contributed by atoms with E-state index in [1.165, 1.54) is 0 Å². The lowest BCUT2D eigenvalue weighted by Crippen LogP contribution is -2.40. The smallest absolute Gasteiger partial charge is 0.410 e. The number of carbonyl (C=O) groups excluding carboxylic acids is 1. The molecule has 0 unspecified atom stereocenters. The van der Waals surface area contributed by atoms with Gasteiger partial charge in [-0.3, -0.25) is 0 Å². The fourth-order valence-electron chi connectivity index (χ4n) is 2.08. The van der Waals surface area contributed by atoms with Crippen LogP contribution < -0.4 is 5.32 Å². The van der Waals surface area contributed by atoms with Gasteiger partial charge in [0, 0.05) is 26.2 Å². The van der Waals surface area contributed by atoms with E-state index in [1.807, 2.05) is 33.8 Å². The minimum Gasteiger partial charge on any atom is -0.444 e. The molecule has 0 saturated heterocycles. The molecule has 4 nitrogen and oxygen atoms in total. The Morgan fingerprint density at radius 2 is 2.00 bits per heavy atom. The Kier molecular flexibility index (Phi) is 7.49. The first-order chi connectivity index (χ1) is 10.7. The van der Waals surface area contributed by atoms with E-state index < -0.39 is 5.60 Å². The van der Waals surface area contributed by atoms with Gasteiger partial charge in [-0.1, -0.05) is 19.1 Å². The highest BCUT2D eigenvalue weighted by Gasteiger charge is 2.21. The Morgan fingerprint density at radius 3 is 2.57 bits per heavy atom. The minimum absolute atomic E-state index is 0.189. The summed E-state index contributed by atoms with van der Waals surface area (Å²) >= 11 is 0. The zero-order chi connectivity index (χ0) is 17.5. The van der Waals surface area contributed by atoms with Gasteiger partial charge < -0.3 is 15.0 Å². The molecule has 5 heteroatoms. The molecule has 0 saturated carbocycles. The molecule has 0 aliphatic rings. The van der Waals surface area contributed by atoms with Crippen LogP contribution in [0.3, 0.4) is 0 Å². The molecule has 23 heavy (non-hydrogen) atoms. The van der Waals surface area contributed by atoms with E-state index in [4.69, 9.17) is 4.74 Å². The van der Waals surface area contributed by atoms with Crippen LogP contribution >= 0.6 is 0 Å². The Hall–Kier alpha value is -1.62. The van der Waals surface area contributed by atoms with Crippen LogP contribution in [-0.4, -0.2) is 36.2 Å². The molecular weight excluding hydrogens is 295 g/mol. The number of hydrogen-bond donors (Lipinski definition) is 1. The molecule has 0 spiro atoms. The van der Waals surface area contributed by atoms with Crippen molar-refractivity contribution in [3.8, 4) is 0 Å². The number of amides is 1. The van der Waals surface area contributed by atoms with Crippen LogP contribution in [0.15, 0.2) is 18.2 Å². The van der Waals surface area contributed by atoms with Gasteiger partial charge in [0.1, 0.15) is 11.4 Å². The van der Waals surface area contributed by atoms with Gasteiger partial charge in [0.15, 0.2) is 0 Å². The van der Waals surface area contributed by atoms with Crippen LogP contribution in [0.5, 0.6) is 0 Å². The second kappa shape index (κ2) is 8.87. The van der Waals surface area contributed by atoms with Crippen LogP contribution in [0.4, 0.5) is 9.18 Å². The summed E-state index contributed by atoms with van der Waals surface area (Å²) in [6.45, 7) is 11.8. The van der Waals surface area contributed by atoms with Gasteiger partial charge >= 0.3 is 6.09 Å². The monoisotopic (exact) mass is 324 g/mol. The highest BCUT2D eigenvalue weighted by atomic mass is 19.1. The molecule has 1 N–H and O–H groups in total. The van der Waals surface area contributed by atoms with E-state index in [0.29, 0.717) is 31.7 Å². The number of nitrogens with one attached hydrogen (secondary N) is 1. The predicted molar refractivity (Wildman–Crippen MR) is 90.9 cm³/mol. The third-order valence-corrected chi connectivity index (χ3v) is 3.27. The summed E-state index contributed by atoms with van der Waals surface area (Å²) in [5.41, 5.74) is 1.05. The number of benzene rings is 1. The first kappa shape index (κ1) is 19.4. The molecule has 1 amide bonds. The van der Waals surface area contributed by atoms with Gasteiger partial charge in [-0.15, -0.1) is 0 Å². The molecule has 1 aromatic rings. The lowest BCUT2D eigenvalue weighted by molar-refractivity contribution is 0.0252. The number of hydrogen-bond acceptors (Lipinski definition) is 3. The Labute approximate surface area is 139 Å². The summed E-state index contributed by atoms with van der Waals surface area (Å²) in [5.74, 6) is -0.189. The molecule has 0 radical (unpaired) electrons. The van der Waals surface area contributed by atoms with E-state index in [0.717, 1.165) is 12.0 Å². The average molecular weight is 324 g/mol. The van der Waals surface area contributed by atoms with Crippen molar-refractivity contribution in [2.24, 2.45) is 0 Å². The van der Waals surface area contributed by atoms with Crippen LogP contribution in [0.1, 0.15) is 45.2 Å². The Balaban J connectivity index is 2.43. The van der Waals surface area contributed by atoms with Gasteiger partial charge in [0.25, 0.3) is 0 Å². The molecule has 0 atom stereocenters. The van der Waals surface area contributed by atoms with Crippen molar-refractivity contribution in [2.75, 3.05) is 19.6 Å². The summed E-state index contributed by atoms with van der Waals surface area (Å²) in [6.07, 6.45) is 0.588. The maximum absolute atomic E-state index is 13.5. The number of aryl methyl sites for hydroxylation is 1. The van der Waals surface area contributed by atoms with E-state index in [1.54, 1.807) is 24.0 Å². The predicted octanol–water partition coefficient (Wildman–Crippen LogP) is 3.87. The van der Waals surface area contributed by atoms with E-state index >= 15 is 0 Å². The molecule has 1 rings (SSSR count). The molecule has 0 aliphatic carbocycles. The molecule has 0 heterocycles. The second-order valence-corrected chi connectivity index (χ2v) is 6.73. The van der Waals surface area contributed by atoms with E-state index in [9.17, 15) is 9.18 Å². The third kappa shape index (κ3) is 7.46. The largest absolute Gasteiger partial charge is 0.444 e. The van der Waals surface area contributed by atoms with Crippen molar-refractivity contribution in [2.45, 2.75) is 53.2 Å². The maximum Gasteiger partial charge on any atom is 0.410 e. The number of ether oxygens (including phenoxy) is 1. The van der Waals surface area contributed by atoms with Crippen LogP contribution in [0.25, 0.3) is 0 Å². The first-order valence-electron chi connectivity index (χ1n) is 8.16. The fourth-order valence-corrected chi connectivity index (χ4v) is 2.08. The van der Waals surface area contributed by atoms with Crippen molar-refractivity contribution < 1.29 is 13.9 Å². The zero-order valence-corrected chi connectivity index (χ0v) is 14.9. The standard InChI is InChI=1S/C18H29FN2O2/c1-6-10-21(17(22)23-18(3,4)5)11-9-20-13-15-8-7-14(2)16(19)12-15/h7-8,12,20H,6,9-11,13H2,1-5H3. The summed E-state index contributed by atoms with van der Waals surface area (Å²) in [7, 11) is 0. The molecule has 1 aromatic carbocycles. The second-order valence-electron chi connectivity index (χ2n) is 6.73. The van der Waals surface area contributed by atoms with Gasteiger partial charge in [0.2, 0.25) is 0 Å². The Morgan fingerprint density at radius 1 is 1.30 bits per heavy atom. The van der Waals surface area contributed by atoms with Crippen LogP contribution in [0, 0.1) is 12.7 Å². The summed E-state index contributed by atoms with van der Waals surface area (Å²) < 4.78 is 18.9. The summed E-state index contributed by atoms with van der Waals surface area (Å²) in [6, 6.07) is 5.22. The number of rotatable bonds is 7. The zero-order valence-electron chi connectivity index (χ0n) is 14.9. The molecule has 0 aliphatic heterocycles. The summed E-state index contributed by atoms with van der Waals surface area (Å²) in [4.78, 5) is 13.8. The first-order valence-corrected chi connectivity index (χ1v) is 8.16. The Bertz CT molecular complexity index is 512. The number of carbonyl (C=O) groups is 1. The fraction of sp³-hybridized carbons (Fsp3) is 0.611. The highest BCUT2D eigenvalue weighted by Crippen LogP contribution is 2.11. The van der Waals surface area contributed by atoms with Crippen molar-refractivity contribution in [1.29, 1.82) is 0 Å². The number of nitrogens with zero attached hydrogens (tertiary/aromatic N) is 1. The molecule has 0 fully saturated rings. The molecule has 0 bridgehead atoms. The van der Waals surface area contributed by atoms with Gasteiger partial charge in [-0.05, 0) is 51.3 Å². The normalized spacial score (nSPS) is 11.4. The average Bonchev–Trinajstić information content (AvgIpc) is 2.44. The van der Waals surface area contributed by atoms with Crippen molar-refractivity contribution in [3.05, 3.63) is 35.1 Å². The van der Waals surface area contributed by atoms with Crippen LogP contribution in [0.2, 0.25) is 0 Å². The van der Waals surface area contributed by atoms with Crippen molar-refractivity contribution in [1.82, 2.24) is 10.2 Å². The molecule has 130 valence electrons. The maximum atomic E-state index is 13.5. The SMILES string of the molecule is CCCN(CCNCc1ccc(C)c(F)c1)C(=O)OC(C)(C)C. The van der Waals surface area contributed by atoms with Crippen molar-refractivity contribution >= 4 is 6.09 Å². The summed E-state index contributed by atoms with van der Waals surface area (Å²) in [5, 5.41) is 3.24. The lowest BCUT2D eigenvalue weighted by atomic mass is 10.1. The van der Waals surface area contributed by atoms with Crippen LogP contribution in [-0.2, 0) is 11.3 Å². The van der Waals surface area contributed by atoms with Gasteiger partial charge in [-0.25, -0.2) is 9.18 Å². The van der Waals surface area contributed by atoms with E-state index in [-0.39, 0.29) is 11.9 Å². The third-order valence-electron chi connectivity index (χ3n) is 3.27. The quantitative estimate of drug-likeness (QED) is 0.774. The topological polar surface area (TPSA) is 41.6 Å². The number of halogens is 1. The molecular formula is C18H29FN2O2. The van der Waals surface area contributed by atoms with Gasteiger partial charge in [-0.2, -0.15) is 0 Å². The van der Waals surface area contributed by atoms with Gasteiger partial charge in [0.05, 0.1) is 0 Å². The lowest BCUT2D eigenvalue weighted by Gasteiger charge is -2.27. The molecule has 0 aromatic heterocycles.